The van der Waals surface area contributed by atoms with Crippen molar-refractivity contribution in [3.63, 3.8) is 0 Å². The van der Waals surface area contributed by atoms with Gasteiger partial charge in [-0.2, -0.15) is 5.26 Å². The Morgan fingerprint density at radius 2 is 2.12 bits per heavy atom. The van der Waals surface area contributed by atoms with Crippen molar-refractivity contribution in [1.29, 1.82) is 5.26 Å². The van der Waals surface area contributed by atoms with Gasteiger partial charge in [-0.3, -0.25) is 0 Å². The van der Waals surface area contributed by atoms with Crippen LogP contribution in [0.3, 0.4) is 0 Å². The van der Waals surface area contributed by atoms with Gasteiger partial charge in [0.05, 0.1) is 11.9 Å². The molecule has 1 heterocycles. The average molecular weight is 233 g/mol. The second kappa shape index (κ2) is 4.67. The van der Waals surface area contributed by atoms with Gasteiger partial charge in [-0.1, -0.05) is 0 Å². The summed E-state index contributed by atoms with van der Waals surface area (Å²) < 4.78 is 0. The van der Waals surface area contributed by atoms with Crippen LogP contribution >= 0.6 is 11.3 Å². The maximum absolute atomic E-state index is 9.20. The Morgan fingerprint density at radius 1 is 1.38 bits per heavy atom. The SMILES string of the molecule is CN(C)C=Nc1sc2c(c1C#N)CCCC2. The Balaban J connectivity index is 2.39. The number of aryl methyl sites for hydroxylation is 1. The Morgan fingerprint density at radius 3 is 2.81 bits per heavy atom. The van der Waals surface area contributed by atoms with Crippen molar-refractivity contribution in [2.45, 2.75) is 25.7 Å². The van der Waals surface area contributed by atoms with Gasteiger partial charge in [0.1, 0.15) is 11.1 Å². The van der Waals surface area contributed by atoms with Crippen LogP contribution in [0.5, 0.6) is 0 Å². The van der Waals surface area contributed by atoms with E-state index in [1.54, 1.807) is 17.7 Å². The molecule has 0 radical (unpaired) electrons. The number of rotatable bonds is 2. The van der Waals surface area contributed by atoms with Crippen LogP contribution in [-0.2, 0) is 12.8 Å². The fourth-order valence-electron chi connectivity index (χ4n) is 1.93. The largest absolute Gasteiger partial charge is 0.369 e. The van der Waals surface area contributed by atoms with Crippen LogP contribution in [0.1, 0.15) is 28.8 Å². The molecule has 0 spiro atoms. The van der Waals surface area contributed by atoms with Gasteiger partial charge in [0.15, 0.2) is 0 Å². The first kappa shape index (κ1) is 11.2. The molecule has 1 aromatic heterocycles. The summed E-state index contributed by atoms with van der Waals surface area (Å²) in [6.45, 7) is 0. The smallest absolute Gasteiger partial charge is 0.136 e. The second-order valence-electron chi connectivity index (χ2n) is 4.21. The highest BCUT2D eigenvalue weighted by molar-refractivity contribution is 7.16. The van der Waals surface area contributed by atoms with Gasteiger partial charge in [0.2, 0.25) is 0 Å². The molecule has 0 unspecified atom stereocenters. The quantitative estimate of drug-likeness (QED) is 0.582. The van der Waals surface area contributed by atoms with Crippen LogP contribution in [0.15, 0.2) is 4.99 Å². The van der Waals surface area contributed by atoms with Crippen molar-refractivity contribution < 1.29 is 0 Å². The number of hydrogen-bond acceptors (Lipinski definition) is 3. The van der Waals surface area contributed by atoms with Crippen molar-refractivity contribution >= 4 is 22.7 Å². The monoisotopic (exact) mass is 233 g/mol. The number of nitriles is 1. The standard InChI is InChI=1S/C12H15N3S/c1-15(2)8-14-12-10(7-13)9-5-3-4-6-11(9)16-12/h8H,3-6H2,1-2H3. The van der Waals surface area contributed by atoms with E-state index in [2.05, 4.69) is 11.1 Å². The summed E-state index contributed by atoms with van der Waals surface area (Å²) in [7, 11) is 3.87. The zero-order valence-corrected chi connectivity index (χ0v) is 10.5. The molecule has 0 aliphatic heterocycles. The Kier molecular flexibility index (Phi) is 3.25. The summed E-state index contributed by atoms with van der Waals surface area (Å²) in [5.74, 6) is 0. The lowest BCUT2D eigenvalue weighted by Crippen LogP contribution is -2.06. The highest BCUT2D eigenvalue weighted by Crippen LogP contribution is 2.39. The molecular weight excluding hydrogens is 218 g/mol. The van der Waals surface area contributed by atoms with Crippen LogP contribution in [-0.4, -0.2) is 25.3 Å². The zero-order valence-electron chi connectivity index (χ0n) is 9.66. The summed E-state index contributed by atoms with van der Waals surface area (Å²) in [6, 6.07) is 2.31. The average Bonchev–Trinajstić information content (AvgIpc) is 2.63. The lowest BCUT2D eigenvalue weighted by molar-refractivity contribution is 0.643. The van der Waals surface area contributed by atoms with Gasteiger partial charge in [-0.15, -0.1) is 11.3 Å². The Bertz CT molecular complexity index is 452. The molecule has 16 heavy (non-hydrogen) atoms. The van der Waals surface area contributed by atoms with Crippen molar-refractivity contribution in [1.82, 2.24) is 4.90 Å². The third-order valence-electron chi connectivity index (χ3n) is 2.67. The molecule has 0 atom stereocenters. The highest BCUT2D eigenvalue weighted by Gasteiger charge is 2.19. The van der Waals surface area contributed by atoms with E-state index in [9.17, 15) is 5.26 Å². The minimum atomic E-state index is 0.804. The summed E-state index contributed by atoms with van der Waals surface area (Å²) >= 11 is 1.68. The van der Waals surface area contributed by atoms with Gasteiger partial charge >= 0.3 is 0 Å². The lowest BCUT2D eigenvalue weighted by atomic mass is 9.96. The molecule has 1 aliphatic carbocycles. The van der Waals surface area contributed by atoms with Gasteiger partial charge in [-0.05, 0) is 31.2 Å². The van der Waals surface area contributed by atoms with Gasteiger partial charge < -0.3 is 4.90 Å². The number of hydrogen-bond donors (Lipinski definition) is 0. The van der Waals surface area contributed by atoms with Gasteiger partial charge in [0.25, 0.3) is 0 Å². The Hall–Kier alpha value is -1.34. The van der Waals surface area contributed by atoms with Gasteiger partial charge in [0, 0.05) is 19.0 Å². The van der Waals surface area contributed by atoms with Crippen LogP contribution in [0.2, 0.25) is 0 Å². The lowest BCUT2D eigenvalue weighted by Gasteiger charge is -2.09. The second-order valence-corrected chi connectivity index (χ2v) is 5.29. The summed E-state index contributed by atoms with van der Waals surface area (Å²) in [5.41, 5.74) is 2.06. The first-order chi connectivity index (χ1) is 7.72. The molecule has 4 heteroatoms. The van der Waals surface area contributed by atoms with E-state index < -0.39 is 0 Å². The molecule has 0 saturated heterocycles. The normalized spacial score (nSPS) is 14.8. The maximum Gasteiger partial charge on any atom is 0.136 e. The molecule has 0 fully saturated rings. The minimum absolute atomic E-state index is 0.804. The Labute approximate surface area is 100 Å². The van der Waals surface area contributed by atoms with E-state index in [4.69, 9.17) is 0 Å². The molecule has 2 rings (SSSR count). The zero-order chi connectivity index (χ0) is 11.5. The third-order valence-corrected chi connectivity index (χ3v) is 3.87. The van der Waals surface area contributed by atoms with Crippen molar-refractivity contribution in [3.05, 3.63) is 16.0 Å². The summed E-state index contributed by atoms with van der Waals surface area (Å²) in [5, 5.41) is 10.1. The van der Waals surface area contributed by atoms with Crippen LogP contribution in [0.4, 0.5) is 5.00 Å². The topological polar surface area (TPSA) is 39.4 Å². The van der Waals surface area contributed by atoms with Crippen LogP contribution < -0.4 is 0 Å². The summed E-state index contributed by atoms with van der Waals surface area (Å²) in [6.07, 6.45) is 6.38. The summed E-state index contributed by atoms with van der Waals surface area (Å²) in [4.78, 5) is 7.64. The molecule has 0 amide bonds. The molecule has 0 N–H and O–H groups in total. The molecule has 1 aliphatic rings. The molecule has 1 aromatic rings. The van der Waals surface area contributed by atoms with E-state index in [-0.39, 0.29) is 0 Å². The fourth-order valence-corrected chi connectivity index (χ4v) is 3.10. The van der Waals surface area contributed by atoms with Crippen LogP contribution in [0, 0.1) is 11.3 Å². The van der Waals surface area contributed by atoms with E-state index >= 15 is 0 Å². The molecule has 84 valence electrons. The first-order valence-electron chi connectivity index (χ1n) is 5.47. The molecular formula is C12H15N3S. The molecule has 0 bridgehead atoms. The van der Waals surface area contributed by atoms with Crippen molar-refractivity contribution in [3.8, 4) is 6.07 Å². The van der Waals surface area contributed by atoms with Crippen molar-refractivity contribution in [2.75, 3.05) is 14.1 Å². The predicted octanol–water partition coefficient (Wildman–Crippen LogP) is 2.72. The van der Waals surface area contributed by atoms with E-state index in [1.165, 1.54) is 23.3 Å². The molecule has 0 aromatic carbocycles. The van der Waals surface area contributed by atoms with Gasteiger partial charge in [-0.25, -0.2) is 4.99 Å². The minimum Gasteiger partial charge on any atom is -0.369 e. The predicted molar refractivity (Wildman–Crippen MR) is 67.5 cm³/mol. The number of fused-ring (bicyclic) bond motifs is 1. The van der Waals surface area contributed by atoms with E-state index in [0.717, 1.165) is 23.4 Å². The fraction of sp³-hybridized carbons (Fsp3) is 0.500. The van der Waals surface area contributed by atoms with E-state index in [0.29, 0.717) is 0 Å². The van der Waals surface area contributed by atoms with Crippen LogP contribution in [0.25, 0.3) is 0 Å². The number of thiophene rings is 1. The number of nitrogens with zero attached hydrogens (tertiary/aromatic N) is 3. The van der Waals surface area contributed by atoms with E-state index in [1.807, 2.05) is 19.0 Å². The maximum atomic E-state index is 9.20. The molecule has 0 saturated carbocycles. The first-order valence-corrected chi connectivity index (χ1v) is 6.29. The number of aliphatic imine (C=N–C) groups is 1. The van der Waals surface area contributed by atoms with Crippen molar-refractivity contribution in [2.24, 2.45) is 4.99 Å². The highest BCUT2D eigenvalue weighted by atomic mass is 32.1. The molecule has 3 nitrogen and oxygen atoms in total. The third kappa shape index (κ3) is 2.10.